The summed E-state index contributed by atoms with van der Waals surface area (Å²) in [5.74, 6) is -0.0120. The Hall–Kier alpha value is -1.66. The molecule has 0 aromatic rings. The Morgan fingerprint density at radius 1 is 0.350 bits per heavy atom. The summed E-state index contributed by atoms with van der Waals surface area (Å²) in [5.41, 5.74) is 0. The molecule has 0 saturated carbocycles. The molecule has 2 atom stereocenters. The standard InChI is InChI=1S/C74H143NO5/c1-3-5-7-9-11-13-15-17-19-40-44-48-52-56-60-64-68-74(79)80-69-65-61-57-53-49-45-41-38-36-34-32-30-28-26-24-22-20-21-23-25-27-29-31-33-35-37-39-43-47-51-55-59-63-67-73(78)75-71(70-76)72(77)66-62-58-54-50-46-42-18-16-14-12-10-8-6-4-2/h24,26,30,32,71-72,76-77H,3-23,25,27-29,31,33-70H2,1-2H3,(H,75,78)/b26-24-,32-30-. The number of rotatable bonds is 69. The molecule has 0 bridgehead atoms. The number of carbonyl (C=O) groups excluding carboxylic acids is 2. The molecular formula is C74H143NO5. The van der Waals surface area contributed by atoms with Crippen LogP contribution in [0.4, 0.5) is 0 Å². The van der Waals surface area contributed by atoms with Gasteiger partial charge in [0.25, 0.3) is 0 Å². The Labute approximate surface area is 501 Å². The first-order valence-corrected chi connectivity index (χ1v) is 36.6. The van der Waals surface area contributed by atoms with Gasteiger partial charge in [0.2, 0.25) is 5.91 Å². The number of esters is 1. The summed E-state index contributed by atoms with van der Waals surface area (Å²) in [6, 6.07) is -0.539. The van der Waals surface area contributed by atoms with Crippen molar-refractivity contribution in [3.63, 3.8) is 0 Å². The zero-order valence-electron chi connectivity index (χ0n) is 54.3. The van der Waals surface area contributed by atoms with Crippen LogP contribution in [0.3, 0.4) is 0 Å². The van der Waals surface area contributed by atoms with Crippen LogP contribution in [-0.4, -0.2) is 47.4 Å². The number of nitrogens with one attached hydrogen (secondary N) is 1. The quantitative estimate of drug-likeness (QED) is 0.0320. The number of hydrogen-bond acceptors (Lipinski definition) is 5. The van der Waals surface area contributed by atoms with Crippen molar-refractivity contribution in [3.8, 4) is 0 Å². The van der Waals surface area contributed by atoms with Crippen LogP contribution < -0.4 is 5.32 Å². The van der Waals surface area contributed by atoms with Crippen molar-refractivity contribution in [2.45, 2.75) is 424 Å². The van der Waals surface area contributed by atoms with Crippen molar-refractivity contribution in [1.82, 2.24) is 5.32 Å². The number of allylic oxidation sites excluding steroid dienone is 4. The van der Waals surface area contributed by atoms with Gasteiger partial charge < -0.3 is 20.3 Å². The summed E-state index contributed by atoms with van der Waals surface area (Å²) in [6.07, 6.45) is 88.2. The summed E-state index contributed by atoms with van der Waals surface area (Å²) in [5, 5.41) is 23.3. The molecule has 0 aromatic carbocycles. The molecule has 0 spiro atoms. The van der Waals surface area contributed by atoms with E-state index in [-0.39, 0.29) is 18.5 Å². The van der Waals surface area contributed by atoms with E-state index in [0.29, 0.717) is 25.9 Å². The number of hydrogen-bond donors (Lipinski definition) is 3. The number of ether oxygens (including phenoxy) is 1. The van der Waals surface area contributed by atoms with Crippen molar-refractivity contribution in [2.24, 2.45) is 0 Å². The second-order valence-corrected chi connectivity index (χ2v) is 25.3. The number of aliphatic hydroxyl groups excluding tert-OH is 2. The van der Waals surface area contributed by atoms with Gasteiger partial charge in [-0.2, -0.15) is 0 Å². The monoisotopic (exact) mass is 1130 g/mol. The van der Waals surface area contributed by atoms with Gasteiger partial charge in [-0.05, 0) is 57.8 Å². The second kappa shape index (κ2) is 69.8. The van der Waals surface area contributed by atoms with E-state index in [1.807, 2.05) is 0 Å². The Kier molecular flexibility index (Phi) is 68.4. The van der Waals surface area contributed by atoms with Gasteiger partial charge in [-0.15, -0.1) is 0 Å². The largest absolute Gasteiger partial charge is 0.466 e. The van der Waals surface area contributed by atoms with Gasteiger partial charge in [-0.1, -0.05) is 366 Å². The fourth-order valence-electron chi connectivity index (χ4n) is 11.7. The molecule has 0 aromatic heterocycles. The zero-order valence-corrected chi connectivity index (χ0v) is 54.3. The van der Waals surface area contributed by atoms with E-state index in [1.54, 1.807) is 0 Å². The van der Waals surface area contributed by atoms with E-state index in [9.17, 15) is 19.8 Å². The maximum absolute atomic E-state index is 12.5. The third-order valence-electron chi connectivity index (χ3n) is 17.3. The molecule has 0 fully saturated rings. The number of unbranched alkanes of at least 4 members (excludes halogenated alkanes) is 54. The maximum atomic E-state index is 12.5. The van der Waals surface area contributed by atoms with Crippen LogP contribution in [0.1, 0.15) is 412 Å². The van der Waals surface area contributed by atoms with Crippen molar-refractivity contribution in [2.75, 3.05) is 13.2 Å². The van der Waals surface area contributed by atoms with Gasteiger partial charge in [-0.3, -0.25) is 9.59 Å². The highest BCUT2D eigenvalue weighted by Crippen LogP contribution is 2.19. The van der Waals surface area contributed by atoms with Gasteiger partial charge in [0, 0.05) is 12.8 Å². The average Bonchev–Trinajstić information content (AvgIpc) is 3.46. The minimum Gasteiger partial charge on any atom is -0.466 e. The molecule has 0 aliphatic carbocycles. The zero-order chi connectivity index (χ0) is 57.8. The number of aliphatic hydroxyl groups is 2. The van der Waals surface area contributed by atoms with Crippen LogP contribution in [0.15, 0.2) is 24.3 Å². The van der Waals surface area contributed by atoms with E-state index in [2.05, 4.69) is 43.5 Å². The molecule has 2 unspecified atom stereocenters. The Balaban J connectivity index is 3.36. The maximum Gasteiger partial charge on any atom is 0.305 e. The molecule has 0 saturated heterocycles. The minimum atomic E-state index is -0.662. The summed E-state index contributed by atoms with van der Waals surface area (Å²) in [7, 11) is 0. The van der Waals surface area contributed by atoms with Gasteiger partial charge in [-0.25, -0.2) is 0 Å². The normalized spacial score (nSPS) is 12.6. The van der Waals surface area contributed by atoms with Crippen molar-refractivity contribution < 1.29 is 24.5 Å². The third-order valence-corrected chi connectivity index (χ3v) is 17.3. The molecule has 6 nitrogen and oxygen atoms in total. The first-order valence-electron chi connectivity index (χ1n) is 36.6. The van der Waals surface area contributed by atoms with Crippen LogP contribution in [0, 0.1) is 0 Å². The molecule has 3 N–H and O–H groups in total. The predicted molar refractivity (Wildman–Crippen MR) is 352 cm³/mol. The molecule has 0 radical (unpaired) electrons. The summed E-state index contributed by atoms with van der Waals surface area (Å²) in [4.78, 5) is 24.6. The summed E-state index contributed by atoms with van der Waals surface area (Å²) in [6.45, 7) is 4.99. The SMILES string of the molecule is CCCCCCCCCCCCCCCCCCC(=O)OCCCCCCCCCCC/C=C\C/C=C\CCCCCCCCCCCCCCCCCCCC(=O)NC(CO)C(O)CCCCCCCCCCCCCCCC. The Morgan fingerprint density at radius 3 is 0.950 bits per heavy atom. The number of carbonyl (C=O) groups is 2. The Bertz CT molecular complexity index is 1250. The summed E-state index contributed by atoms with van der Waals surface area (Å²) >= 11 is 0. The second-order valence-electron chi connectivity index (χ2n) is 25.3. The van der Waals surface area contributed by atoms with Gasteiger partial charge in [0.1, 0.15) is 0 Å². The third kappa shape index (κ3) is 65.5. The van der Waals surface area contributed by atoms with E-state index in [0.717, 1.165) is 44.9 Å². The minimum absolute atomic E-state index is 0.0184. The van der Waals surface area contributed by atoms with Crippen LogP contribution in [0.25, 0.3) is 0 Å². The molecule has 0 aliphatic heterocycles. The van der Waals surface area contributed by atoms with Crippen LogP contribution in [-0.2, 0) is 14.3 Å². The lowest BCUT2D eigenvalue weighted by Crippen LogP contribution is -2.45. The lowest BCUT2D eigenvalue weighted by molar-refractivity contribution is -0.143. The smallest absolute Gasteiger partial charge is 0.305 e. The fraction of sp³-hybridized carbons (Fsp3) is 0.919. The van der Waals surface area contributed by atoms with Gasteiger partial charge >= 0.3 is 5.97 Å². The number of amides is 1. The molecule has 0 rings (SSSR count). The molecule has 0 aliphatic rings. The average molecular weight is 1130 g/mol. The van der Waals surface area contributed by atoms with E-state index in [1.165, 1.54) is 334 Å². The van der Waals surface area contributed by atoms with E-state index in [4.69, 9.17) is 4.74 Å². The van der Waals surface area contributed by atoms with Crippen molar-refractivity contribution >= 4 is 11.9 Å². The van der Waals surface area contributed by atoms with Crippen LogP contribution in [0.2, 0.25) is 0 Å². The lowest BCUT2D eigenvalue weighted by atomic mass is 10.0. The molecule has 80 heavy (non-hydrogen) atoms. The molecule has 1 amide bonds. The topological polar surface area (TPSA) is 95.9 Å². The summed E-state index contributed by atoms with van der Waals surface area (Å²) < 4.78 is 5.50. The highest BCUT2D eigenvalue weighted by Gasteiger charge is 2.20. The predicted octanol–water partition coefficient (Wildman–Crippen LogP) is 23.7. The fourth-order valence-corrected chi connectivity index (χ4v) is 11.7. The molecule has 6 heteroatoms. The van der Waals surface area contributed by atoms with Crippen LogP contribution in [0.5, 0.6) is 0 Å². The van der Waals surface area contributed by atoms with E-state index < -0.39 is 12.1 Å². The highest BCUT2D eigenvalue weighted by atomic mass is 16.5. The molecule has 474 valence electrons. The van der Waals surface area contributed by atoms with Gasteiger partial charge in [0.15, 0.2) is 0 Å². The first-order chi connectivity index (χ1) is 39.5. The first kappa shape index (κ1) is 78.3. The lowest BCUT2D eigenvalue weighted by Gasteiger charge is -2.22. The highest BCUT2D eigenvalue weighted by molar-refractivity contribution is 5.76. The van der Waals surface area contributed by atoms with E-state index >= 15 is 0 Å². The van der Waals surface area contributed by atoms with Gasteiger partial charge in [0.05, 0.1) is 25.4 Å². The van der Waals surface area contributed by atoms with Crippen molar-refractivity contribution in [3.05, 3.63) is 24.3 Å². The Morgan fingerprint density at radius 2 is 0.625 bits per heavy atom. The molecular weight excluding hydrogens is 983 g/mol. The molecule has 0 heterocycles. The van der Waals surface area contributed by atoms with Crippen molar-refractivity contribution in [1.29, 1.82) is 0 Å². The van der Waals surface area contributed by atoms with Crippen LogP contribution >= 0.6 is 0 Å².